The van der Waals surface area contributed by atoms with Crippen molar-refractivity contribution in [1.29, 1.82) is 0 Å². The van der Waals surface area contributed by atoms with Crippen LogP contribution in [0, 0.1) is 5.82 Å². The highest BCUT2D eigenvalue weighted by atomic mass is 19.4. The van der Waals surface area contributed by atoms with Gasteiger partial charge in [-0.3, -0.25) is 0 Å². The number of methoxy groups -OCH3 is 1. The Hall–Kier alpha value is -4.94. The number of nitrogens with zero attached hydrogens (tertiary/aromatic N) is 6. The van der Waals surface area contributed by atoms with E-state index in [2.05, 4.69) is 9.97 Å². The SMILES string of the molecule is CCc1cccc(CC)c1-n1nc2c(c1-c1cc(F)c(OC)c3c1ccn3C(=O)O)CN(c1ncc(C(F)(F)F)cn1)CC2. The highest BCUT2D eigenvalue weighted by Gasteiger charge is 2.34. The first-order valence-corrected chi connectivity index (χ1v) is 14.0. The van der Waals surface area contributed by atoms with E-state index in [-0.39, 0.29) is 23.8 Å². The molecule has 0 amide bonds. The van der Waals surface area contributed by atoms with Crippen LogP contribution in [0.15, 0.2) is 48.9 Å². The van der Waals surface area contributed by atoms with Gasteiger partial charge in [-0.15, -0.1) is 0 Å². The third-order valence-electron chi connectivity index (χ3n) is 8.00. The number of halogens is 4. The van der Waals surface area contributed by atoms with Crippen molar-refractivity contribution in [1.82, 2.24) is 24.3 Å². The van der Waals surface area contributed by atoms with Crippen molar-refractivity contribution in [3.05, 3.63) is 82.7 Å². The summed E-state index contributed by atoms with van der Waals surface area (Å²) in [4.78, 5) is 21.8. The lowest BCUT2D eigenvalue weighted by molar-refractivity contribution is -0.138. The van der Waals surface area contributed by atoms with Gasteiger partial charge >= 0.3 is 12.3 Å². The fraction of sp³-hybridized carbons (Fsp3) is 0.290. The Morgan fingerprint density at radius 1 is 1.09 bits per heavy atom. The molecule has 1 N–H and O–H groups in total. The first kappa shape index (κ1) is 29.1. The maximum absolute atomic E-state index is 15.7. The number of benzene rings is 2. The number of carbonyl (C=O) groups is 1. The fourth-order valence-corrected chi connectivity index (χ4v) is 5.91. The van der Waals surface area contributed by atoms with Crippen molar-refractivity contribution in [2.45, 2.75) is 45.8 Å². The van der Waals surface area contributed by atoms with Gasteiger partial charge in [0.05, 0.1) is 29.7 Å². The molecule has 228 valence electrons. The van der Waals surface area contributed by atoms with Crippen molar-refractivity contribution < 1.29 is 32.2 Å². The molecule has 0 saturated carbocycles. The standard InChI is InChI=1S/C31H28F4N6O3/c1-4-17-7-6-8-18(5-2)25(17)41-26(21-13-23(32)28(44-3)27-20(21)9-12-40(27)30(42)43)22-16-39(11-10-24(22)38-41)29-36-14-19(15-37-29)31(33,34)35/h6-9,12-15H,4-5,10-11,16H2,1-3H3,(H,42,43). The van der Waals surface area contributed by atoms with Gasteiger partial charge in [0.2, 0.25) is 5.95 Å². The number of fused-ring (bicyclic) bond motifs is 2. The molecule has 5 aromatic rings. The third kappa shape index (κ3) is 4.72. The molecule has 6 rings (SSSR count). The van der Waals surface area contributed by atoms with Gasteiger partial charge in [-0.1, -0.05) is 32.0 Å². The molecule has 4 heterocycles. The van der Waals surface area contributed by atoms with Gasteiger partial charge in [-0.2, -0.15) is 18.3 Å². The highest BCUT2D eigenvalue weighted by molar-refractivity contribution is 6.02. The van der Waals surface area contributed by atoms with E-state index < -0.39 is 23.7 Å². The van der Waals surface area contributed by atoms with Crippen molar-refractivity contribution in [3.63, 3.8) is 0 Å². The maximum Gasteiger partial charge on any atom is 0.419 e. The predicted octanol–water partition coefficient (Wildman–Crippen LogP) is 6.66. The number of anilines is 1. The van der Waals surface area contributed by atoms with E-state index in [0.717, 1.165) is 39.5 Å². The second kappa shape index (κ2) is 11.0. The Balaban J connectivity index is 1.62. The van der Waals surface area contributed by atoms with E-state index in [1.54, 1.807) is 15.6 Å². The number of ether oxygens (including phenoxy) is 1. The minimum absolute atomic E-state index is 0.0507. The van der Waals surface area contributed by atoms with Crippen LogP contribution in [0.4, 0.5) is 28.3 Å². The minimum Gasteiger partial charge on any atom is -0.492 e. The summed E-state index contributed by atoms with van der Waals surface area (Å²) in [7, 11) is 1.27. The third-order valence-corrected chi connectivity index (χ3v) is 8.00. The summed E-state index contributed by atoms with van der Waals surface area (Å²) < 4.78 is 63.3. The summed E-state index contributed by atoms with van der Waals surface area (Å²) in [5, 5.41) is 15.3. The second-order valence-corrected chi connectivity index (χ2v) is 10.4. The molecule has 44 heavy (non-hydrogen) atoms. The van der Waals surface area contributed by atoms with E-state index in [0.29, 0.717) is 48.0 Å². The van der Waals surface area contributed by atoms with Crippen LogP contribution in [0.25, 0.3) is 27.8 Å². The van der Waals surface area contributed by atoms with Gasteiger partial charge in [-0.05, 0) is 36.1 Å². The number of carboxylic acid groups (broad SMARTS) is 1. The molecule has 1 aliphatic heterocycles. The monoisotopic (exact) mass is 608 g/mol. The maximum atomic E-state index is 15.7. The lowest BCUT2D eigenvalue weighted by Gasteiger charge is -2.27. The number of hydrogen-bond acceptors (Lipinski definition) is 6. The van der Waals surface area contributed by atoms with Crippen molar-refractivity contribution >= 4 is 22.9 Å². The number of aryl methyl sites for hydroxylation is 2. The molecule has 0 spiro atoms. The number of hydrogen-bond donors (Lipinski definition) is 1. The highest BCUT2D eigenvalue weighted by Crippen LogP contribution is 2.42. The largest absolute Gasteiger partial charge is 0.492 e. The average molecular weight is 609 g/mol. The topological polar surface area (TPSA) is 98.3 Å². The fourth-order valence-electron chi connectivity index (χ4n) is 5.91. The van der Waals surface area contributed by atoms with Gasteiger partial charge in [-0.25, -0.2) is 28.4 Å². The molecule has 0 fully saturated rings. The lowest BCUT2D eigenvalue weighted by Crippen LogP contribution is -2.31. The summed E-state index contributed by atoms with van der Waals surface area (Å²) in [6.45, 7) is 4.64. The van der Waals surface area contributed by atoms with Crippen LogP contribution in [-0.4, -0.2) is 49.2 Å². The molecule has 0 unspecified atom stereocenters. The molecular weight excluding hydrogens is 580 g/mol. The summed E-state index contributed by atoms with van der Waals surface area (Å²) in [6.07, 6.45) is -1.21. The second-order valence-electron chi connectivity index (χ2n) is 10.4. The summed E-state index contributed by atoms with van der Waals surface area (Å²) in [6, 6.07) is 8.90. The Labute approximate surface area is 249 Å². The molecular formula is C31H28F4N6O3. The van der Waals surface area contributed by atoms with Crippen LogP contribution < -0.4 is 9.64 Å². The van der Waals surface area contributed by atoms with Crippen LogP contribution in [0.1, 0.15) is 41.8 Å². The van der Waals surface area contributed by atoms with Gasteiger partial charge in [0.15, 0.2) is 11.6 Å². The van der Waals surface area contributed by atoms with Crippen LogP contribution >= 0.6 is 0 Å². The molecule has 0 bridgehead atoms. The zero-order chi connectivity index (χ0) is 31.3. The van der Waals surface area contributed by atoms with E-state index in [1.807, 2.05) is 32.0 Å². The molecule has 0 radical (unpaired) electrons. The molecule has 13 heteroatoms. The smallest absolute Gasteiger partial charge is 0.419 e. The zero-order valence-electron chi connectivity index (χ0n) is 24.1. The summed E-state index contributed by atoms with van der Waals surface area (Å²) in [5.74, 6) is -0.844. The van der Waals surface area contributed by atoms with Crippen LogP contribution in [0.3, 0.4) is 0 Å². The lowest BCUT2D eigenvalue weighted by atomic mass is 9.97. The molecule has 1 aliphatic rings. The zero-order valence-corrected chi connectivity index (χ0v) is 24.1. The Kier molecular flexibility index (Phi) is 7.26. The summed E-state index contributed by atoms with van der Waals surface area (Å²) in [5.41, 5.74) is 4.37. The molecule has 2 aromatic carbocycles. The predicted molar refractivity (Wildman–Crippen MR) is 155 cm³/mol. The van der Waals surface area contributed by atoms with E-state index in [4.69, 9.17) is 9.84 Å². The van der Waals surface area contributed by atoms with E-state index >= 15 is 4.39 Å². The number of alkyl halides is 3. The number of aromatic nitrogens is 5. The Morgan fingerprint density at radius 3 is 2.36 bits per heavy atom. The molecule has 0 atom stereocenters. The van der Waals surface area contributed by atoms with E-state index in [9.17, 15) is 23.1 Å². The first-order valence-electron chi connectivity index (χ1n) is 14.0. The Bertz CT molecular complexity index is 1870. The van der Waals surface area contributed by atoms with Gasteiger partial charge in [0.25, 0.3) is 0 Å². The summed E-state index contributed by atoms with van der Waals surface area (Å²) >= 11 is 0. The average Bonchev–Trinajstić information content (AvgIpc) is 3.62. The molecule has 0 aliphatic carbocycles. The first-order chi connectivity index (χ1) is 21.1. The van der Waals surface area contributed by atoms with Crippen LogP contribution in [-0.2, 0) is 32.0 Å². The van der Waals surface area contributed by atoms with Gasteiger partial charge in [0, 0.05) is 54.6 Å². The van der Waals surface area contributed by atoms with Crippen molar-refractivity contribution in [2.24, 2.45) is 0 Å². The minimum atomic E-state index is -4.57. The van der Waals surface area contributed by atoms with E-state index in [1.165, 1.54) is 19.4 Å². The number of rotatable bonds is 6. The molecule has 0 saturated heterocycles. The molecule has 3 aromatic heterocycles. The van der Waals surface area contributed by atoms with Crippen LogP contribution in [0.5, 0.6) is 5.75 Å². The Morgan fingerprint density at radius 2 is 1.77 bits per heavy atom. The quantitative estimate of drug-likeness (QED) is 0.215. The molecule has 9 nitrogen and oxygen atoms in total. The van der Waals surface area contributed by atoms with Crippen molar-refractivity contribution in [3.8, 4) is 22.7 Å². The van der Waals surface area contributed by atoms with Crippen molar-refractivity contribution in [2.75, 3.05) is 18.6 Å². The normalized spacial score (nSPS) is 13.4. The number of para-hydroxylation sites is 1. The van der Waals surface area contributed by atoms with Crippen LogP contribution in [0.2, 0.25) is 0 Å². The van der Waals surface area contributed by atoms with Gasteiger partial charge in [0.1, 0.15) is 5.52 Å². The van der Waals surface area contributed by atoms with Gasteiger partial charge < -0.3 is 14.7 Å².